The van der Waals surface area contributed by atoms with Gasteiger partial charge in [0, 0.05) is 13.1 Å². The molecule has 1 heterocycles. The van der Waals surface area contributed by atoms with Crippen molar-refractivity contribution in [1.82, 2.24) is 10.2 Å². The Morgan fingerprint density at radius 3 is 2.88 bits per heavy atom. The first-order valence-electron chi connectivity index (χ1n) is 5.94. The minimum absolute atomic E-state index is 0.0313. The highest BCUT2D eigenvalue weighted by Gasteiger charge is 2.38. The molecule has 0 aliphatic carbocycles. The van der Waals surface area contributed by atoms with Crippen molar-refractivity contribution in [3.8, 4) is 0 Å². The molecule has 0 radical (unpaired) electrons. The van der Waals surface area contributed by atoms with Gasteiger partial charge in [-0.05, 0) is 21.0 Å². The molecule has 1 aliphatic rings. The number of nitrogens with zero attached hydrogens (tertiary/aromatic N) is 2. The summed E-state index contributed by atoms with van der Waals surface area (Å²) in [6, 6.07) is 0. The zero-order valence-electron chi connectivity index (χ0n) is 10.6. The van der Waals surface area contributed by atoms with Gasteiger partial charge >= 0.3 is 6.41 Å². The van der Waals surface area contributed by atoms with Crippen molar-refractivity contribution in [2.45, 2.75) is 13.2 Å². The van der Waals surface area contributed by atoms with Crippen molar-refractivity contribution >= 4 is 6.41 Å². The van der Waals surface area contributed by atoms with Crippen LogP contribution in [0.15, 0.2) is 0 Å². The fourth-order valence-electron chi connectivity index (χ4n) is 1.97. The Bertz CT molecular complexity index is 223. The van der Waals surface area contributed by atoms with Gasteiger partial charge in [0.15, 0.2) is 0 Å². The Morgan fingerprint density at radius 2 is 2.31 bits per heavy atom. The molecule has 1 rings (SSSR count). The summed E-state index contributed by atoms with van der Waals surface area (Å²) in [5.41, 5.74) is 0. The maximum atomic E-state index is 11.3. The summed E-state index contributed by atoms with van der Waals surface area (Å²) in [5.74, 6) is 0. The van der Waals surface area contributed by atoms with Gasteiger partial charge in [-0.3, -0.25) is 0 Å². The van der Waals surface area contributed by atoms with Crippen LogP contribution in [0.4, 0.5) is 0 Å². The van der Waals surface area contributed by atoms with Crippen molar-refractivity contribution in [3.05, 3.63) is 0 Å². The van der Waals surface area contributed by atoms with E-state index in [1.807, 2.05) is 21.0 Å². The third kappa shape index (κ3) is 3.25. The van der Waals surface area contributed by atoms with Gasteiger partial charge in [-0.1, -0.05) is 0 Å². The fourth-order valence-corrected chi connectivity index (χ4v) is 1.97. The molecule has 16 heavy (non-hydrogen) atoms. The highest BCUT2D eigenvalue weighted by atomic mass is 16.5. The minimum Gasteiger partial charge on any atom is -0.326 e. The summed E-state index contributed by atoms with van der Waals surface area (Å²) < 4.78 is 6.26. The second-order valence-electron chi connectivity index (χ2n) is 4.58. The molecule has 1 aliphatic heterocycles. The van der Waals surface area contributed by atoms with Crippen LogP contribution >= 0.6 is 0 Å². The average Bonchev–Trinajstić information content (AvgIpc) is 2.29. The number of carbonyl (C=O) groups excluding carboxylic acids is 1. The third-order valence-electron chi connectivity index (χ3n) is 3.24. The fraction of sp³-hybridized carbons (Fsp3) is 0.909. The summed E-state index contributed by atoms with van der Waals surface area (Å²) >= 11 is 0. The zero-order valence-corrected chi connectivity index (χ0v) is 10.6. The molecule has 0 aromatic heterocycles. The van der Waals surface area contributed by atoms with E-state index in [0.717, 1.165) is 39.1 Å². The van der Waals surface area contributed by atoms with Gasteiger partial charge in [0.05, 0.1) is 19.7 Å². The van der Waals surface area contributed by atoms with Crippen molar-refractivity contribution in [2.24, 2.45) is 0 Å². The number of nitrogens with one attached hydrogen (secondary N) is 1. The molecule has 1 fully saturated rings. The first-order valence-corrected chi connectivity index (χ1v) is 5.94. The number of hydrogen-bond acceptors (Lipinski definition) is 4. The topological polar surface area (TPSA) is 41.6 Å². The first-order chi connectivity index (χ1) is 7.64. The van der Waals surface area contributed by atoms with Crippen LogP contribution in [-0.2, 0) is 9.53 Å². The van der Waals surface area contributed by atoms with E-state index in [4.69, 9.17) is 4.74 Å². The Balaban J connectivity index is 2.50. The lowest BCUT2D eigenvalue weighted by Gasteiger charge is -2.41. The van der Waals surface area contributed by atoms with Crippen LogP contribution in [0.2, 0.25) is 0 Å². The van der Waals surface area contributed by atoms with Crippen LogP contribution in [0.3, 0.4) is 0 Å². The number of quaternary nitrogens is 1. The van der Waals surface area contributed by atoms with E-state index in [1.54, 1.807) is 0 Å². The van der Waals surface area contributed by atoms with E-state index in [-0.39, 0.29) is 6.23 Å². The van der Waals surface area contributed by atoms with Gasteiger partial charge in [0.25, 0.3) is 0 Å². The average molecular weight is 230 g/mol. The molecule has 2 unspecified atom stereocenters. The third-order valence-corrected chi connectivity index (χ3v) is 3.24. The monoisotopic (exact) mass is 230 g/mol. The van der Waals surface area contributed by atoms with Gasteiger partial charge in [0.2, 0.25) is 6.23 Å². The molecule has 0 spiro atoms. The number of hydrogen-bond donors (Lipinski definition) is 1. The molecule has 5 nitrogen and oxygen atoms in total. The molecule has 0 bridgehead atoms. The Kier molecular flexibility index (Phi) is 5.34. The Morgan fingerprint density at radius 1 is 1.56 bits per heavy atom. The Hall–Kier alpha value is -0.490. The maximum absolute atomic E-state index is 11.3. The quantitative estimate of drug-likeness (QED) is 0.493. The van der Waals surface area contributed by atoms with Crippen molar-refractivity contribution in [1.29, 1.82) is 0 Å². The molecule has 1 N–H and O–H groups in total. The Labute approximate surface area is 97.9 Å². The van der Waals surface area contributed by atoms with Crippen molar-refractivity contribution in [2.75, 3.05) is 53.4 Å². The molecule has 0 saturated carbocycles. The zero-order chi connectivity index (χ0) is 12.0. The highest BCUT2D eigenvalue weighted by molar-refractivity contribution is 5.37. The van der Waals surface area contributed by atoms with E-state index in [9.17, 15) is 4.79 Å². The maximum Gasteiger partial charge on any atom is 0.303 e. The van der Waals surface area contributed by atoms with Gasteiger partial charge in [0.1, 0.15) is 6.54 Å². The van der Waals surface area contributed by atoms with Crippen LogP contribution in [0, 0.1) is 0 Å². The van der Waals surface area contributed by atoms with Crippen LogP contribution in [0.1, 0.15) is 6.92 Å². The molecule has 2 atom stereocenters. The van der Waals surface area contributed by atoms with Crippen LogP contribution in [0.25, 0.3) is 0 Å². The van der Waals surface area contributed by atoms with E-state index < -0.39 is 0 Å². The van der Waals surface area contributed by atoms with Gasteiger partial charge in [-0.15, -0.1) is 0 Å². The summed E-state index contributed by atoms with van der Waals surface area (Å²) in [5, 5.41) is 3.28. The van der Waals surface area contributed by atoms with Crippen LogP contribution < -0.4 is 5.32 Å². The van der Waals surface area contributed by atoms with Crippen LogP contribution in [-0.4, -0.2) is 75.4 Å². The summed E-state index contributed by atoms with van der Waals surface area (Å²) in [6.45, 7) is 6.89. The second kappa shape index (κ2) is 6.30. The number of carbonyl (C=O) groups is 1. The number of amides is 1. The molecule has 1 amide bonds. The standard InChI is InChI=1S/C11H24N3O2/c1-4-14(10-15)7-5-12-9-11(14)16-8-6-13(2)3/h10-12H,4-9H2,1-3H3/q+1. The molecule has 5 heteroatoms. The van der Waals surface area contributed by atoms with E-state index >= 15 is 0 Å². The smallest absolute Gasteiger partial charge is 0.303 e. The van der Waals surface area contributed by atoms with Gasteiger partial charge < -0.3 is 15.0 Å². The van der Waals surface area contributed by atoms with Crippen molar-refractivity contribution in [3.63, 3.8) is 0 Å². The molecule has 0 aromatic rings. The molecule has 94 valence electrons. The highest BCUT2D eigenvalue weighted by Crippen LogP contribution is 2.14. The van der Waals surface area contributed by atoms with E-state index in [1.165, 1.54) is 0 Å². The first kappa shape index (κ1) is 13.6. The predicted octanol–water partition coefficient (Wildman–Crippen LogP) is -0.513. The molecule has 0 aromatic carbocycles. The minimum atomic E-state index is -0.0313. The van der Waals surface area contributed by atoms with Gasteiger partial charge in [-0.25, -0.2) is 9.28 Å². The number of ether oxygens (including phenoxy) is 1. The number of likely N-dealkylation sites (N-methyl/N-ethyl adjacent to an activating group) is 2. The van der Waals surface area contributed by atoms with Gasteiger partial charge in [-0.2, -0.15) is 0 Å². The number of rotatable bonds is 6. The summed E-state index contributed by atoms with van der Waals surface area (Å²) in [4.78, 5) is 13.4. The summed E-state index contributed by atoms with van der Waals surface area (Å²) in [6.07, 6.45) is 1.01. The van der Waals surface area contributed by atoms with Crippen molar-refractivity contribution < 1.29 is 14.0 Å². The number of piperazine rings is 1. The largest absolute Gasteiger partial charge is 0.326 e. The lowest BCUT2D eigenvalue weighted by molar-refractivity contribution is -0.896. The SMILES string of the molecule is CC[N+]1(C=O)CCNCC1OCCN(C)C. The van der Waals surface area contributed by atoms with E-state index in [0.29, 0.717) is 11.1 Å². The van der Waals surface area contributed by atoms with E-state index in [2.05, 4.69) is 10.2 Å². The molecular formula is C11H24N3O2+. The molecule has 1 saturated heterocycles. The normalized spacial score (nSPS) is 30.6. The predicted molar refractivity (Wildman–Crippen MR) is 62.9 cm³/mol. The lowest BCUT2D eigenvalue weighted by atomic mass is 10.2. The second-order valence-corrected chi connectivity index (χ2v) is 4.58. The molecular weight excluding hydrogens is 206 g/mol. The summed E-state index contributed by atoms with van der Waals surface area (Å²) in [7, 11) is 4.04. The lowest BCUT2D eigenvalue weighted by Crippen LogP contribution is -2.65. The van der Waals surface area contributed by atoms with Crippen LogP contribution in [0.5, 0.6) is 0 Å².